The fourth-order valence-corrected chi connectivity index (χ4v) is 4.09. The zero-order valence-electron chi connectivity index (χ0n) is 17.7. The number of aliphatic hydroxyl groups is 1. The number of benzene rings is 2. The molecule has 1 N–H and O–H groups in total. The zero-order valence-corrected chi connectivity index (χ0v) is 17.7. The molecule has 1 saturated heterocycles. The van der Waals surface area contributed by atoms with Crippen molar-refractivity contribution in [2.24, 2.45) is 0 Å². The Hall–Kier alpha value is -3.56. The third-order valence-corrected chi connectivity index (χ3v) is 5.82. The number of aliphatic hydroxyl groups excluding tert-OH is 1. The predicted octanol–water partition coefficient (Wildman–Crippen LogP) is 1.80. The Kier molecular flexibility index (Phi) is 6.02. The van der Waals surface area contributed by atoms with E-state index in [9.17, 15) is 24.8 Å². The van der Waals surface area contributed by atoms with E-state index in [-0.39, 0.29) is 17.9 Å². The Morgan fingerprint density at radius 2 is 1.56 bits per heavy atom. The Morgan fingerprint density at radius 3 is 2.12 bits per heavy atom. The number of imide groups is 1. The van der Waals surface area contributed by atoms with Crippen molar-refractivity contribution in [3.05, 3.63) is 75.5 Å². The van der Waals surface area contributed by atoms with Crippen LogP contribution in [0.5, 0.6) is 0 Å². The largest absolute Gasteiger partial charge is 0.395 e. The van der Waals surface area contributed by atoms with Gasteiger partial charge in [-0.2, -0.15) is 0 Å². The van der Waals surface area contributed by atoms with E-state index in [1.54, 1.807) is 12.1 Å². The number of hydrogen-bond acceptors (Lipinski definition) is 7. The van der Waals surface area contributed by atoms with Gasteiger partial charge in [-0.25, -0.2) is 4.90 Å². The first-order valence-electron chi connectivity index (χ1n) is 10.4. The van der Waals surface area contributed by atoms with Gasteiger partial charge < -0.3 is 10.0 Å². The highest BCUT2D eigenvalue weighted by Gasteiger charge is 2.43. The van der Waals surface area contributed by atoms with Crippen LogP contribution in [0.25, 0.3) is 5.57 Å². The van der Waals surface area contributed by atoms with E-state index in [0.717, 1.165) is 5.56 Å². The molecule has 0 spiro atoms. The fourth-order valence-electron chi connectivity index (χ4n) is 4.09. The third kappa shape index (κ3) is 4.00. The molecule has 166 valence electrons. The second-order valence-corrected chi connectivity index (χ2v) is 7.86. The summed E-state index contributed by atoms with van der Waals surface area (Å²) >= 11 is 0. The molecule has 0 unspecified atom stereocenters. The highest BCUT2D eigenvalue weighted by molar-refractivity contribution is 6.45. The van der Waals surface area contributed by atoms with Crippen LogP contribution in [0.3, 0.4) is 0 Å². The smallest absolute Gasteiger partial charge is 0.282 e. The van der Waals surface area contributed by atoms with Crippen LogP contribution in [0.4, 0.5) is 11.4 Å². The number of non-ortho nitro benzene ring substituents is 1. The molecular weight excluding hydrogens is 412 g/mol. The minimum Gasteiger partial charge on any atom is -0.395 e. The van der Waals surface area contributed by atoms with Gasteiger partial charge in [0.05, 0.1) is 22.8 Å². The Morgan fingerprint density at radius 1 is 0.938 bits per heavy atom. The van der Waals surface area contributed by atoms with E-state index in [1.807, 2.05) is 24.0 Å². The molecule has 0 saturated carbocycles. The van der Waals surface area contributed by atoms with Crippen LogP contribution in [-0.4, -0.2) is 71.0 Å². The van der Waals surface area contributed by atoms with Crippen molar-refractivity contribution in [1.29, 1.82) is 0 Å². The molecule has 2 aromatic carbocycles. The molecule has 1 fully saturated rings. The maximum atomic E-state index is 13.5. The van der Waals surface area contributed by atoms with Crippen molar-refractivity contribution in [3.63, 3.8) is 0 Å². The van der Waals surface area contributed by atoms with Crippen LogP contribution >= 0.6 is 0 Å². The number of amides is 2. The lowest BCUT2D eigenvalue weighted by Gasteiger charge is -2.36. The van der Waals surface area contributed by atoms with E-state index >= 15 is 0 Å². The van der Waals surface area contributed by atoms with Gasteiger partial charge in [0.2, 0.25) is 0 Å². The van der Waals surface area contributed by atoms with Gasteiger partial charge in [-0.1, -0.05) is 17.7 Å². The van der Waals surface area contributed by atoms with Gasteiger partial charge >= 0.3 is 0 Å². The van der Waals surface area contributed by atoms with Crippen molar-refractivity contribution in [3.8, 4) is 0 Å². The van der Waals surface area contributed by atoms with Crippen LogP contribution in [0.15, 0.2) is 54.2 Å². The molecule has 0 aromatic heterocycles. The quantitative estimate of drug-likeness (QED) is 0.418. The van der Waals surface area contributed by atoms with Crippen LogP contribution in [0, 0.1) is 17.0 Å². The number of hydrogen-bond donors (Lipinski definition) is 1. The Bertz CT molecular complexity index is 1070. The van der Waals surface area contributed by atoms with Crippen LogP contribution in [0.2, 0.25) is 0 Å². The summed E-state index contributed by atoms with van der Waals surface area (Å²) in [5.74, 6) is -0.844. The molecule has 2 aliphatic heterocycles. The minimum absolute atomic E-state index is 0.0648. The number of β-amino-alcohol motifs (C(OH)–C–C–N with tert-alkyl or cyclic N) is 1. The summed E-state index contributed by atoms with van der Waals surface area (Å²) in [5.41, 5.74) is 2.45. The summed E-state index contributed by atoms with van der Waals surface area (Å²) < 4.78 is 0. The molecule has 32 heavy (non-hydrogen) atoms. The lowest BCUT2D eigenvalue weighted by Crippen LogP contribution is -2.48. The maximum absolute atomic E-state index is 13.5. The number of nitro benzene ring substituents is 1. The Labute approximate surface area is 185 Å². The van der Waals surface area contributed by atoms with Crippen LogP contribution < -0.4 is 4.90 Å². The average Bonchev–Trinajstić information content (AvgIpc) is 3.05. The molecule has 9 heteroatoms. The van der Waals surface area contributed by atoms with Crippen LogP contribution in [-0.2, 0) is 9.59 Å². The predicted molar refractivity (Wildman–Crippen MR) is 119 cm³/mol. The number of aryl methyl sites for hydroxylation is 1. The average molecular weight is 436 g/mol. The van der Waals surface area contributed by atoms with E-state index in [4.69, 9.17) is 0 Å². The second-order valence-electron chi connectivity index (χ2n) is 7.86. The van der Waals surface area contributed by atoms with Crippen molar-refractivity contribution in [2.45, 2.75) is 6.92 Å². The molecular formula is C23H24N4O5. The molecule has 4 rings (SSSR count). The highest BCUT2D eigenvalue weighted by Crippen LogP contribution is 2.35. The maximum Gasteiger partial charge on any atom is 0.282 e. The van der Waals surface area contributed by atoms with E-state index in [0.29, 0.717) is 49.7 Å². The number of nitrogens with zero attached hydrogens (tertiary/aromatic N) is 4. The molecule has 9 nitrogen and oxygen atoms in total. The second kappa shape index (κ2) is 8.89. The van der Waals surface area contributed by atoms with Crippen molar-refractivity contribution < 1.29 is 19.6 Å². The normalized spacial score (nSPS) is 17.4. The lowest BCUT2D eigenvalue weighted by molar-refractivity contribution is -0.384. The third-order valence-electron chi connectivity index (χ3n) is 5.82. The standard InChI is InChI=1S/C23H24N4O5/c1-16-2-6-18(7-3-16)26-22(29)20(17-4-8-19(9-5-17)27(31)32)21(23(26)30)25-12-10-24(11-13-25)14-15-28/h2-9,28H,10-15H2,1H3. The molecule has 0 bridgehead atoms. The van der Waals surface area contributed by atoms with Crippen molar-refractivity contribution in [2.75, 3.05) is 44.2 Å². The summed E-state index contributed by atoms with van der Waals surface area (Å²) in [6.45, 7) is 4.93. The number of carbonyl (C=O) groups excluding carboxylic acids is 2. The number of piperazine rings is 1. The first-order valence-corrected chi connectivity index (χ1v) is 10.4. The zero-order chi connectivity index (χ0) is 22.8. The summed E-state index contributed by atoms with van der Waals surface area (Å²) in [5, 5.41) is 20.2. The first-order chi connectivity index (χ1) is 15.4. The summed E-state index contributed by atoms with van der Waals surface area (Å²) in [6, 6.07) is 12.9. The molecule has 0 atom stereocenters. The van der Waals surface area contributed by atoms with Gasteiger partial charge in [-0.15, -0.1) is 0 Å². The number of anilines is 1. The lowest BCUT2D eigenvalue weighted by atomic mass is 10.0. The highest BCUT2D eigenvalue weighted by atomic mass is 16.6. The first kappa shape index (κ1) is 21.7. The molecule has 2 aliphatic rings. The molecule has 0 aliphatic carbocycles. The van der Waals surface area contributed by atoms with Gasteiger partial charge in [0, 0.05) is 44.9 Å². The van der Waals surface area contributed by atoms with Gasteiger partial charge in [0.1, 0.15) is 5.70 Å². The van der Waals surface area contributed by atoms with Gasteiger partial charge in [0.25, 0.3) is 17.5 Å². The van der Waals surface area contributed by atoms with E-state index in [1.165, 1.54) is 29.2 Å². The molecule has 0 radical (unpaired) electrons. The topological polar surface area (TPSA) is 107 Å². The van der Waals surface area contributed by atoms with Crippen molar-refractivity contribution >= 4 is 28.8 Å². The van der Waals surface area contributed by atoms with E-state index < -0.39 is 16.7 Å². The molecule has 2 aromatic rings. The van der Waals surface area contributed by atoms with Gasteiger partial charge in [-0.05, 0) is 36.8 Å². The summed E-state index contributed by atoms with van der Waals surface area (Å²) in [7, 11) is 0. The minimum atomic E-state index is -0.500. The Balaban J connectivity index is 1.74. The fraction of sp³-hybridized carbons (Fsp3) is 0.304. The SMILES string of the molecule is Cc1ccc(N2C(=O)C(c3ccc([N+](=O)[O-])cc3)=C(N3CCN(CCO)CC3)C2=O)cc1. The molecule has 2 amide bonds. The molecule has 2 heterocycles. The van der Waals surface area contributed by atoms with Crippen LogP contribution in [0.1, 0.15) is 11.1 Å². The van der Waals surface area contributed by atoms with Gasteiger partial charge in [0.15, 0.2) is 0 Å². The summed E-state index contributed by atoms with van der Waals surface area (Å²) in [6.07, 6.45) is 0. The monoisotopic (exact) mass is 436 g/mol. The number of nitro groups is 1. The van der Waals surface area contributed by atoms with E-state index in [2.05, 4.69) is 4.90 Å². The summed E-state index contributed by atoms with van der Waals surface area (Å²) in [4.78, 5) is 42.7. The number of carbonyl (C=O) groups is 2. The van der Waals surface area contributed by atoms with Gasteiger partial charge in [-0.3, -0.25) is 24.6 Å². The number of rotatable bonds is 6. The van der Waals surface area contributed by atoms with Crippen molar-refractivity contribution in [1.82, 2.24) is 9.80 Å².